The largest absolute Gasteiger partial charge is 0.481 e. The standard InChI is InChI=1S/C10H11NO3S/c1-5-2-7(15-4-5)6-3-11-9(12)8(6)10(13)14/h2,4,6,8H,3H2,1H3,(H,11,12)(H,13,14)/t6-,8+/m1/s1. The van der Waals surface area contributed by atoms with Crippen molar-refractivity contribution >= 4 is 23.2 Å². The Bertz CT molecular complexity index is 413. The summed E-state index contributed by atoms with van der Waals surface area (Å²) in [5.74, 6) is -2.56. The monoisotopic (exact) mass is 225 g/mol. The quantitative estimate of drug-likeness (QED) is 0.737. The highest BCUT2D eigenvalue weighted by molar-refractivity contribution is 7.10. The van der Waals surface area contributed by atoms with E-state index < -0.39 is 11.9 Å². The fourth-order valence-corrected chi connectivity index (χ4v) is 2.86. The molecule has 1 aliphatic heterocycles. The van der Waals surface area contributed by atoms with Gasteiger partial charge in [-0.3, -0.25) is 9.59 Å². The summed E-state index contributed by atoms with van der Waals surface area (Å²) in [7, 11) is 0. The van der Waals surface area contributed by atoms with Gasteiger partial charge in [0.05, 0.1) is 0 Å². The molecule has 0 saturated carbocycles. The Morgan fingerprint density at radius 3 is 2.93 bits per heavy atom. The molecule has 0 aromatic carbocycles. The maximum Gasteiger partial charge on any atom is 0.316 e. The number of carbonyl (C=O) groups is 2. The molecule has 5 heteroatoms. The number of carbonyl (C=O) groups excluding carboxylic acids is 1. The van der Waals surface area contributed by atoms with Gasteiger partial charge in [0.25, 0.3) is 0 Å². The van der Waals surface area contributed by atoms with Crippen molar-refractivity contribution in [2.75, 3.05) is 6.54 Å². The molecule has 1 aliphatic rings. The van der Waals surface area contributed by atoms with Crippen molar-refractivity contribution < 1.29 is 14.7 Å². The van der Waals surface area contributed by atoms with Crippen LogP contribution in [0.2, 0.25) is 0 Å². The molecule has 0 radical (unpaired) electrons. The Kier molecular flexibility index (Phi) is 2.48. The fraction of sp³-hybridized carbons (Fsp3) is 0.400. The van der Waals surface area contributed by atoms with Gasteiger partial charge >= 0.3 is 5.97 Å². The van der Waals surface area contributed by atoms with Crippen LogP contribution in [0.4, 0.5) is 0 Å². The molecule has 15 heavy (non-hydrogen) atoms. The Hall–Kier alpha value is -1.36. The molecule has 80 valence electrons. The number of thiophene rings is 1. The lowest BCUT2D eigenvalue weighted by atomic mass is 9.94. The van der Waals surface area contributed by atoms with E-state index in [2.05, 4.69) is 5.32 Å². The third-order valence-electron chi connectivity index (χ3n) is 2.56. The van der Waals surface area contributed by atoms with Crippen LogP contribution in [0.15, 0.2) is 11.4 Å². The lowest BCUT2D eigenvalue weighted by Gasteiger charge is -2.09. The van der Waals surface area contributed by atoms with Crippen LogP contribution in [0.25, 0.3) is 0 Å². The molecule has 0 aliphatic carbocycles. The molecule has 0 spiro atoms. The number of amides is 1. The number of carboxylic acid groups (broad SMARTS) is 1. The lowest BCUT2D eigenvalue weighted by Crippen LogP contribution is -2.26. The van der Waals surface area contributed by atoms with Crippen molar-refractivity contribution in [3.63, 3.8) is 0 Å². The summed E-state index contributed by atoms with van der Waals surface area (Å²) in [5.41, 5.74) is 1.11. The molecular weight excluding hydrogens is 214 g/mol. The van der Waals surface area contributed by atoms with Gasteiger partial charge in [-0.15, -0.1) is 11.3 Å². The van der Waals surface area contributed by atoms with Crippen molar-refractivity contribution in [2.24, 2.45) is 5.92 Å². The van der Waals surface area contributed by atoms with Crippen LogP contribution < -0.4 is 5.32 Å². The topological polar surface area (TPSA) is 66.4 Å². The van der Waals surface area contributed by atoms with Gasteiger partial charge in [0, 0.05) is 17.3 Å². The Balaban J connectivity index is 2.29. The highest BCUT2D eigenvalue weighted by atomic mass is 32.1. The predicted molar refractivity (Wildman–Crippen MR) is 55.9 cm³/mol. The maximum absolute atomic E-state index is 11.3. The van der Waals surface area contributed by atoms with Crippen LogP contribution in [-0.4, -0.2) is 23.5 Å². The van der Waals surface area contributed by atoms with Crippen LogP contribution in [0.3, 0.4) is 0 Å². The van der Waals surface area contributed by atoms with Gasteiger partial charge in [0.2, 0.25) is 5.91 Å². The zero-order chi connectivity index (χ0) is 11.0. The Labute approximate surface area is 90.9 Å². The van der Waals surface area contributed by atoms with Crippen LogP contribution in [0.1, 0.15) is 16.4 Å². The van der Waals surface area contributed by atoms with Crippen LogP contribution >= 0.6 is 11.3 Å². The van der Waals surface area contributed by atoms with Crippen LogP contribution in [0.5, 0.6) is 0 Å². The van der Waals surface area contributed by atoms with E-state index in [-0.39, 0.29) is 11.8 Å². The normalized spacial score (nSPS) is 25.3. The summed E-state index contributed by atoms with van der Waals surface area (Å²) in [6.45, 7) is 2.38. The van der Waals surface area contributed by atoms with Crippen LogP contribution in [-0.2, 0) is 9.59 Å². The molecule has 2 rings (SSSR count). The van der Waals surface area contributed by atoms with E-state index in [1.54, 1.807) is 0 Å². The lowest BCUT2D eigenvalue weighted by molar-refractivity contribution is -0.145. The highest BCUT2D eigenvalue weighted by Crippen LogP contribution is 2.33. The van der Waals surface area contributed by atoms with E-state index in [1.165, 1.54) is 11.3 Å². The first-order valence-electron chi connectivity index (χ1n) is 4.65. The summed E-state index contributed by atoms with van der Waals surface area (Å²) in [5, 5.41) is 13.5. The highest BCUT2D eigenvalue weighted by Gasteiger charge is 2.41. The van der Waals surface area contributed by atoms with Gasteiger partial charge in [-0.25, -0.2) is 0 Å². The van der Waals surface area contributed by atoms with Gasteiger partial charge in [-0.05, 0) is 23.9 Å². The fourth-order valence-electron chi connectivity index (χ4n) is 1.82. The third kappa shape index (κ3) is 1.74. The molecule has 1 aromatic rings. The molecule has 0 bridgehead atoms. The Morgan fingerprint density at radius 1 is 1.67 bits per heavy atom. The van der Waals surface area contributed by atoms with E-state index >= 15 is 0 Å². The first kappa shape index (κ1) is 10.2. The summed E-state index contributed by atoms with van der Waals surface area (Å²) in [4.78, 5) is 23.2. The summed E-state index contributed by atoms with van der Waals surface area (Å²) in [6, 6.07) is 1.95. The maximum atomic E-state index is 11.3. The average molecular weight is 225 g/mol. The van der Waals surface area contributed by atoms with Gasteiger partial charge in [-0.1, -0.05) is 0 Å². The average Bonchev–Trinajstić information content (AvgIpc) is 2.71. The van der Waals surface area contributed by atoms with Crippen molar-refractivity contribution in [1.29, 1.82) is 0 Å². The molecule has 0 unspecified atom stereocenters. The number of hydrogen-bond donors (Lipinski definition) is 2. The molecule has 2 N–H and O–H groups in total. The van der Waals surface area contributed by atoms with E-state index in [9.17, 15) is 9.59 Å². The molecule has 4 nitrogen and oxygen atoms in total. The van der Waals surface area contributed by atoms with Crippen molar-refractivity contribution in [3.05, 3.63) is 21.9 Å². The molecule has 1 saturated heterocycles. The molecule has 2 heterocycles. The summed E-state index contributed by atoms with van der Waals surface area (Å²) < 4.78 is 0. The van der Waals surface area contributed by atoms with Crippen molar-refractivity contribution in [3.8, 4) is 0 Å². The van der Waals surface area contributed by atoms with Gasteiger partial charge in [0.1, 0.15) is 5.92 Å². The number of aliphatic carboxylic acids is 1. The van der Waals surface area contributed by atoms with Crippen molar-refractivity contribution in [2.45, 2.75) is 12.8 Å². The Morgan fingerprint density at radius 2 is 2.40 bits per heavy atom. The second kappa shape index (κ2) is 3.66. The zero-order valence-electron chi connectivity index (χ0n) is 8.19. The third-order valence-corrected chi connectivity index (χ3v) is 3.75. The van der Waals surface area contributed by atoms with E-state index in [0.29, 0.717) is 6.54 Å². The van der Waals surface area contributed by atoms with Crippen molar-refractivity contribution in [1.82, 2.24) is 5.32 Å². The molecule has 1 amide bonds. The molecular formula is C10H11NO3S. The molecule has 1 fully saturated rings. The van der Waals surface area contributed by atoms with E-state index in [1.807, 2.05) is 18.4 Å². The van der Waals surface area contributed by atoms with E-state index in [4.69, 9.17) is 5.11 Å². The molecule has 2 atom stereocenters. The first-order chi connectivity index (χ1) is 7.09. The van der Waals surface area contributed by atoms with Gasteiger partial charge < -0.3 is 10.4 Å². The summed E-state index contributed by atoms with van der Waals surface area (Å²) in [6.07, 6.45) is 0. The number of rotatable bonds is 2. The summed E-state index contributed by atoms with van der Waals surface area (Å²) >= 11 is 1.51. The second-order valence-corrected chi connectivity index (χ2v) is 4.64. The van der Waals surface area contributed by atoms with E-state index in [0.717, 1.165) is 10.4 Å². The predicted octanol–water partition coefficient (Wildman–Crippen LogP) is 0.971. The number of nitrogens with one attached hydrogen (secondary N) is 1. The minimum atomic E-state index is -1.04. The van der Waals surface area contributed by atoms with Crippen LogP contribution in [0, 0.1) is 12.8 Å². The minimum Gasteiger partial charge on any atom is -0.481 e. The molecule has 1 aromatic heterocycles. The second-order valence-electron chi connectivity index (χ2n) is 3.69. The SMILES string of the molecule is Cc1csc([C@H]2CNC(=O)[C@H]2C(=O)O)c1. The number of carboxylic acids is 1. The minimum absolute atomic E-state index is 0.214. The van der Waals surface area contributed by atoms with Gasteiger partial charge in [-0.2, -0.15) is 0 Å². The first-order valence-corrected chi connectivity index (χ1v) is 5.53. The van der Waals surface area contributed by atoms with Gasteiger partial charge in [0.15, 0.2) is 0 Å². The number of aryl methyl sites for hydroxylation is 1. The zero-order valence-corrected chi connectivity index (χ0v) is 9.00. The smallest absolute Gasteiger partial charge is 0.316 e. The number of hydrogen-bond acceptors (Lipinski definition) is 3.